The Morgan fingerprint density at radius 1 is 1.38 bits per heavy atom. The fourth-order valence-electron chi connectivity index (χ4n) is 2.14. The maximum absolute atomic E-state index is 3.72. The molecular weight excluding hydrogens is 196 g/mol. The molecule has 1 aliphatic carbocycles. The van der Waals surface area contributed by atoms with E-state index in [0.29, 0.717) is 5.92 Å². The average Bonchev–Trinajstić information content (AvgIpc) is 2.30. The first kappa shape index (κ1) is 13.3. The normalized spacial score (nSPS) is 24.9. The second-order valence-electron chi connectivity index (χ2n) is 4.64. The number of likely N-dealkylation sites (N-methyl/N-ethyl adjacent to an activating group) is 1. The van der Waals surface area contributed by atoms with E-state index in [1.165, 1.54) is 25.7 Å². The first-order valence-corrected chi connectivity index (χ1v) is 6.21. The van der Waals surface area contributed by atoms with Gasteiger partial charge in [0.2, 0.25) is 0 Å². The zero-order chi connectivity index (χ0) is 11.8. The van der Waals surface area contributed by atoms with Crippen LogP contribution in [0, 0.1) is 17.8 Å². The van der Waals surface area contributed by atoms with E-state index in [2.05, 4.69) is 42.7 Å². The first-order valence-electron chi connectivity index (χ1n) is 6.21. The molecule has 0 spiro atoms. The summed E-state index contributed by atoms with van der Waals surface area (Å²) >= 11 is 0. The molecule has 1 N–H and O–H groups in total. The van der Waals surface area contributed by atoms with Crippen LogP contribution < -0.4 is 5.32 Å². The fraction of sp³-hybridized carbons (Fsp3) is 0.714. The third kappa shape index (κ3) is 4.83. The van der Waals surface area contributed by atoms with E-state index in [0.717, 1.165) is 19.1 Å². The Morgan fingerprint density at radius 3 is 2.62 bits per heavy atom. The molecule has 0 unspecified atom stereocenters. The molecule has 0 amide bonds. The highest BCUT2D eigenvalue weighted by molar-refractivity contribution is 5.06. The monoisotopic (exact) mass is 220 g/mol. The quantitative estimate of drug-likeness (QED) is 0.575. The van der Waals surface area contributed by atoms with Gasteiger partial charge in [0.05, 0.1) is 6.54 Å². The molecule has 0 aromatic carbocycles. The standard InChI is InChI=1S/C14H24N2/c1-4-11-16(3)12-5-6-13-7-9-14(15-2)10-8-13/h4,13-15H,1,7-12H2,2-3H3. The van der Waals surface area contributed by atoms with Crippen LogP contribution in [0.5, 0.6) is 0 Å². The van der Waals surface area contributed by atoms with Gasteiger partial charge in [0.15, 0.2) is 0 Å². The lowest BCUT2D eigenvalue weighted by molar-refractivity contribution is 0.348. The van der Waals surface area contributed by atoms with Crippen molar-refractivity contribution in [3.05, 3.63) is 12.7 Å². The predicted molar refractivity (Wildman–Crippen MR) is 70.3 cm³/mol. The van der Waals surface area contributed by atoms with Gasteiger partial charge in [0.25, 0.3) is 0 Å². The molecule has 2 nitrogen and oxygen atoms in total. The summed E-state index contributed by atoms with van der Waals surface area (Å²) in [6.07, 6.45) is 6.98. The summed E-state index contributed by atoms with van der Waals surface area (Å²) in [4.78, 5) is 2.18. The number of hydrogen-bond acceptors (Lipinski definition) is 2. The molecule has 2 heteroatoms. The van der Waals surface area contributed by atoms with Gasteiger partial charge in [-0.2, -0.15) is 0 Å². The molecule has 0 saturated heterocycles. The topological polar surface area (TPSA) is 15.3 Å². The molecule has 1 fully saturated rings. The Balaban J connectivity index is 2.22. The minimum atomic E-state index is 0.627. The molecule has 16 heavy (non-hydrogen) atoms. The van der Waals surface area contributed by atoms with Crippen LogP contribution in [0.2, 0.25) is 0 Å². The van der Waals surface area contributed by atoms with Gasteiger partial charge < -0.3 is 5.32 Å². The molecule has 0 aromatic heterocycles. The smallest absolute Gasteiger partial charge is 0.0601 e. The van der Waals surface area contributed by atoms with Gasteiger partial charge in [-0.3, -0.25) is 4.90 Å². The van der Waals surface area contributed by atoms with Gasteiger partial charge in [0, 0.05) is 18.5 Å². The van der Waals surface area contributed by atoms with Crippen molar-refractivity contribution in [2.75, 3.05) is 27.2 Å². The van der Waals surface area contributed by atoms with Gasteiger partial charge in [-0.25, -0.2) is 0 Å². The lowest BCUT2D eigenvalue weighted by Crippen LogP contribution is -2.29. The van der Waals surface area contributed by atoms with Crippen LogP contribution in [0.3, 0.4) is 0 Å². The Morgan fingerprint density at radius 2 is 2.06 bits per heavy atom. The summed E-state index contributed by atoms with van der Waals surface area (Å²) in [6.45, 7) is 5.50. The third-order valence-electron chi connectivity index (χ3n) is 3.23. The van der Waals surface area contributed by atoms with E-state index >= 15 is 0 Å². The highest BCUT2D eigenvalue weighted by atomic mass is 15.1. The second-order valence-corrected chi connectivity index (χ2v) is 4.64. The summed E-state index contributed by atoms with van der Waals surface area (Å²) in [5.41, 5.74) is 0. The lowest BCUT2D eigenvalue weighted by atomic mass is 9.86. The number of rotatable bonds is 4. The Labute approximate surface area is 100 Å². The van der Waals surface area contributed by atoms with Crippen LogP contribution in [0.15, 0.2) is 12.7 Å². The highest BCUT2D eigenvalue weighted by Gasteiger charge is 2.17. The Hall–Kier alpha value is -0.780. The van der Waals surface area contributed by atoms with Crippen molar-refractivity contribution in [1.82, 2.24) is 10.2 Å². The minimum Gasteiger partial charge on any atom is -0.317 e. The minimum absolute atomic E-state index is 0.627. The van der Waals surface area contributed by atoms with Crippen molar-refractivity contribution in [1.29, 1.82) is 0 Å². The van der Waals surface area contributed by atoms with Crippen molar-refractivity contribution in [3.8, 4) is 11.8 Å². The van der Waals surface area contributed by atoms with Gasteiger partial charge in [-0.05, 0) is 39.8 Å². The molecule has 0 atom stereocenters. The van der Waals surface area contributed by atoms with Crippen LogP contribution in [0.4, 0.5) is 0 Å². The predicted octanol–water partition coefficient (Wildman–Crippen LogP) is 1.89. The molecule has 0 aromatic rings. The maximum Gasteiger partial charge on any atom is 0.0601 e. The number of nitrogens with one attached hydrogen (secondary N) is 1. The molecule has 90 valence electrons. The van der Waals surface area contributed by atoms with Crippen molar-refractivity contribution < 1.29 is 0 Å². The molecule has 0 heterocycles. The van der Waals surface area contributed by atoms with Crippen LogP contribution in [0.25, 0.3) is 0 Å². The number of hydrogen-bond donors (Lipinski definition) is 1. The van der Waals surface area contributed by atoms with Crippen molar-refractivity contribution in [3.63, 3.8) is 0 Å². The van der Waals surface area contributed by atoms with E-state index in [9.17, 15) is 0 Å². The maximum atomic E-state index is 3.72. The number of nitrogens with zero attached hydrogens (tertiary/aromatic N) is 1. The van der Waals surface area contributed by atoms with Crippen LogP contribution in [-0.2, 0) is 0 Å². The fourth-order valence-corrected chi connectivity index (χ4v) is 2.14. The van der Waals surface area contributed by atoms with E-state index in [-0.39, 0.29) is 0 Å². The molecule has 1 saturated carbocycles. The molecule has 0 bridgehead atoms. The lowest BCUT2D eigenvalue weighted by Gasteiger charge is -2.25. The molecular formula is C14H24N2. The highest BCUT2D eigenvalue weighted by Crippen LogP contribution is 2.23. The van der Waals surface area contributed by atoms with Gasteiger partial charge in [0.1, 0.15) is 0 Å². The molecule has 1 rings (SSSR count). The van der Waals surface area contributed by atoms with Gasteiger partial charge in [-0.15, -0.1) is 6.58 Å². The largest absolute Gasteiger partial charge is 0.317 e. The second kappa shape index (κ2) is 7.49. The zero-order valence-corrected chi connectivity index (χ0v) is 10.6. The summed E-state index contributed by atoms with van der Waals surface area (Å²) in [6, 6.07) is 0.724. The Kier molecular flexibility index (Phi) is 6.22. The van der Waals surface area contributed by atoms with E-state index in [1.54, 1.807) is 0 Å². The first-order chi connectivity index (χ1) is 7.76. The van der Waals surface area contributed by atoms with Gasteiger partial charge >= 0.3 is 0 Å². The molecule has 0 radical (unpaired) electrons. The van der Waals surface area contributed by atoms with Crippen LogP contribution in [0.1, 0.15) is 25.7 Å². The van der Waals surface area contributed by atoms with Crippen molar-refractivity contribution in [2.24, 2.45) is 5.92 Å². The average molecular weight is 220 g/mol. The summed E-state index contributed by atoms with van der Waals surface area (Å²) in [5, 5.41) is 3.35. The van der Waals surface area contributed by atoms with E-state index < -0.39 is 0 Å². The summed E-state index contributed by atoms with van der Waals surface area (Å²) in [5.74, 6) is 7.31. The van der Waals surface area contributed by atoms with Crippen LogP contribution in [-0.4, -0.2) is 38.1 Å². The van der Waals surface area contributed by atoms with Gasteiger partial charge in [-0.1, -0.05) is 17.9 Å². The van der Waals surface area contributed by atoms with E-state index in [1.807, 2.05) is 6.08 Å². The van der Waals surface area contributed by atoms with Crippen LogP contribution >= 0.6 is 0 Å². The van der Waals surface area contributed by atoms with E-state index in [4.69, 9.17) is 0 Å². The summed E-state index contributed by atoms with van der Waals surface area (Å²) < 4.78 is 0. The summed E-state index contributed by atoms with van der Waals surface area (Å²) in [7, 11) is 4.13. The molecule has 1 aliphatic rings. The Bertz CT molecular complexity index is 254. The SMILES string of the molecule is C=CCN(C)CC#CC1CCC(NC)CC1. The molecule has 0 aliphatic heterocycles. The van der Waals surface area contributed by atoms with Crippen molar-refractivity contribution >= 4 is 0 Å². The zero-order valence-electron chi connectivity index (χ0n) is 10.6. The third-order valence-corrected chi connectivity index (χ3v) is 3.23. The van der Waals surface area contributed by atoms with Crippen molar-refractivity contribution in [2.45, 2.75) is 31.7 Å².